The number of amides is 1. The molecule has 25 heavy (non-hydrogen) atoms. The van der Waals surface area contributed by atoms with Crippen molar-refractivity contribution in [3.05, 3.63) is 69.0 Å². The molecule has 124 valence electrons. The minimum atomic E-state index is -3.46. The van der Waals surface area contributed by atoms with Gasteiger partial charge in [-0.3, -0.25) is 4.79 Å². The number of halogens is 1. The molecule has 1 N–H and O–H groups in total. The smallest absolute Gasteiger partial charge is 0.266 e. The summed E-state index contributed by atoms with van der Waals surface area (Å²) in [7, 11) is -3.46. The Morgan fingerprint density at radius 2 is 1.88 bits per heavy atom. The van der Waals surface area contributed by atoms with Gasteiger partial charge in [0.2, 0.25) is 9.84 Å². The summed E-state index contributed by atoms with van der Waals surface area (Å²) in [5.41, 5.74) is 1.51. The Morgan fingerprint density at radius 1 is 1.16 bits per heavy atom. The average molecular weight is 415 g/mol. The fourth-order valence-electron chi connectivity index (χ4n) is 2.31. The largest absolute Gasteiger partial charge is 0.321 e. The van der Waals surface area contributed by atoms with Crippen molar-refractivity contribution in [1.82, 2.24) is 0 Å². The summed E-state index contributed by atoms with van der Waals surface area (Å²) in [4.78, 5) is 12.4. The summed E-state index contributed by atoms with van der Waals surface area (Å²) >= 11 is 3.32. The fraction of sp³-hybridized carbons (Fsp3) is 0. The number of sulfone groups is 1. The molecule has 0 aromatic heterocycles. The van der Waals surface area contributed by atoms with E-state index in [9.17, 15) is 18.5 Å². The van der Waals surface area contributed by atoms with Crippen molar-refractivity contribution in [1.29, 1.82) is 5.26 Å². The van der Waals surface area contributed by atoms with E-state index in [0.29, 0.717) is 16.8 Å². The maximum absolute atomic E-state index is 12.3. The van der Waals surface area contributed by atoms with E-state index in [-0.39, 0.29) is 10.5 Å². The van der Waals surface area contributed by atoms with Gasteiger partial charge in [0.1, 0.15) is 11.6 Å². The van der Waals surface area contributed by atoms with Gasteiger partial charge in [0.15, 0.2) is 0 Å². The number of anilines is 1. The summed E-state index contributed by atoms with van der Waals surface area (Å²) in [5.74, 6) is -0.603. The van der Waals surface area contributed by atoms with Crippen LogP contribution in [0.2, 0.25) is 0 Å². The second-order valence-corrected chi connectivity index (χ2v) is 7.99. The second-order valence-electron chi connectivity index (χ2n) is 5.28. The third kappa shape index (κ3) is 3.71. The molecule has 0 saturated carbocycles. The lowest BCUT2D eigenvalue weighted by Gasteiger charge is -2.07. The van der Waals surface area contributed by atoms with E-state index in [2.05, 4.69) is 21.2 Å². The van der Waals surface area contributed by atoms with Crippen LogP contribution in [0.5, 0.6) is 0 Å². The number of benzene rings is 2. The lowest BCUT2D eigenvalue weighted by Crippen LogP contribution is -2.13. The van der Waals surface area contributed by atoms with Gasteiger partial charge in [-0.25, -0.2) is 8.42 Å². The normalized spacial score (nSPS) is 14.6. The van der Waals surface area contributed by atoms with Crippen LogP contribution >= 0.6 is 15.9 Å². The van der Waals surface area contributed by atoms with Gasteiger partial charge in [-0.2, -0.15) is 5.26 Å². The van der Waals surface area contributed by atoms with Gasteiger partial charge < -0.3 is 5.32 Å². The Kier molecular flexibility index (Phi) is 4.57. The lowest BCUT2D eigenvalue weighted by molar-refractivity contribution is -0.112. The van der Waals surface area contributed by atoms with Crippen LogP contribution in [0.15, 0.2) is 62.8 Å². The van der Waals surface area contributed by atoms with Gasteiger partial charge >= 0.3 is 0 Å². The maximum atomic E-state index is 12.3. The highest BCUT2D eigenvalue weighted by Gasteiger charge is 2.21. The minimum Gasteiger partial charge on any atom is -0.321 e. The van der Waals surface area contributed by atoms with E-state index >= 15 is 0 Å². The zero-order valence-electron chi connectivity index (χ0n) is 12.7. The first-order valence-corrected chi connectivity index (χ1v) is 9.49. The van der Waals surface area contributed by atoms with E-state index in [1.165, 1.54) is 18.2 Å². The molecule has 5 nitrogen and oxygen atoms in total. The van der Waals surface area contributed by atoms with Crippen LogP contribution in [0.3, 0.4) is 0 Å². The lowest BCUT2D eigenvalue weighted by atomic mass is 10.1. The third-order valence-electron chi connectivity index (χ3n) is 3.55. The molecule has 7 heteroatoms. The Morgan fingerprint density at radius 3 is 2.56 bits per heavy atom. The van der Waals surface area contributed by atoms with Crippen molar-refractivity contribution in [2.24, 2.45) is 0 Å². The molecule has 1 amide bonds. The van der Waals surface area contributed by atoms with Crippen LogP contribution in [-0.4, -0.2) is 14.3 Å². The van der Waals surface area contributed by atoms with E-state index in [0.717, 1.165) is 9.88 Å². The summed E-state index contributed by atoms with van der Waals surface area (Å²) in [6.45, 7) is 0. The average Bonchev–Trinajstić information content (AvgIpc) is 2.89. The number of carbonyl (C=O) groups excluding carboxylic acids is 1. The molecular formula is C18H11BrN2O3S. The maximum Gasteiger partial charge on any atom is 0.266 e. The molecule has 1 heterocycles. The monoisotopic (exact) mass is 414 g/mol. The van der Waals surface area contributed by atoms with Crippen molar-refractivity contribution < 1.29 is 13.2 Å². The van der Waals surface area contributed by atoms with Crippen LogP contribution in [0.25, 0.3) is 12.2 Å². The molecule has 1 aliphatic rings. The predicted molar refractivity (Wildman–Crippen MR) is 99.0 cm³/mol. The Balaban J connectivity index is 1.84. The molecule has 0 fully saturated rings. The number of fused-ring (bicyclic) bond motifs is 1. The van der Waals surface area contributed by atoms with Gasteiger partial charge in [0.25, 0.3) is 5.91 Å². The molecule has 1 aliphatic heterocycles. The highest BCUT2D eigenvalue weighted by atomic mass is 79.9. The second kappa shape index (κ2) is 6.67. The fourth-order valence-corrected chi connectivity index (χ4v) is 3.80. The van der Waals surface area contributed by atoms with Crippen molar-refractivity contribution in [3.8, 4) is 6.07 Å². The molecular weight excluding hydrogens is 404 g/mol. The molecule has 0 unspecified atom stereocenters. The molecule has 0 bridgehead atoms. The van der Waals surface area contributed by atoms with E-state index in [1.54, 1.807) is 36.4 Å². The van der Waals surface area contributed by atoms with E-state index in [1.807, 2.05) is 6.07 Å². The zero-order chi connectivity index (χ0) is 18.0. The minimum absolute atomic E-state index is 0.0798. The van der Waals surface area contributed by atoms with Crippen LogP contribution in [-0.2, 0) is 14.6 Å². The zero-order valence-corrected chi connectivity index (χ0v) is 15.1. The topological polar surface area (TPSA) is 87.0 Å². The molecule has 0 spiro atoms. The summed E-state index contributed by atoms with van der Waals surface area (Å²) in [5, 5.41) is 12.9. The molecule has 0 radical (unpaired) electrons. The van der Waals surface area contributed by atoms with Crippen LogP contribution in [0.4, 0.5) is 5.69 Å². The summed E-state index contributed by atoms with van der Waals surface area (Å²) < 4.78 is 24.7. The van der Waals surface area contributed by atoms with Crippen LogP contribution in [0.1, 0.15) is 11.1 Å². The molecule has 3 rings (SSSR count). The standard InChI is InChI=1S/C18H11BrN2O3S/c19-15-4-1-12(2-5-15)9-14(11-20)18(22)21-16-6-3-13-7-8-25(23,24)17(13)10-16/h1-10H,(H,21,22). The molecule has 2 aromatic rings. The van der Waals surface area contributed by atoms with Gasteiger partial charge in [0, 0.05) is 15.6 Å². The van der Waals surface area contributed by atoms with Crippen molar-refractivity contribution in [2.45, 2.75) is 4.90 Å². The number of hydrogen-bond acceptors (Lipinski definition) is 4. The molecule has 2 aromatic carbocycles. The quantitative estimate of drug-likeness (QED) is 0.611. The SMILES string of the molecule is N#CC(=Cc1ccc(Br)cc1)C(=O)Nc1ccc2c(c1)S(=O)(=O)C=C2. The first-order chi connectivity index (χ1) is 11.9. The third-order valence-corrected chi connectivity index (χ3v) is 5.54. The first kappa shape index (κ1) is 17.1. The van der Waals surface area contributed by atoms with Crippen LogP contribution < -0.4 is 5.32 Å². The highest BCUT2D eigenvalue weighted by molar-refractivity contribution is 9.10. The van der Waals surface area contributed by atoms with Gasteiger partial charge in [-0.05, 0) is 47.5 Å². The molecule has 0 atom stereocenters. The Hall–Kier alpha value is -2.69. The van der Waals surface area contributed by atoms with E-state index < -0.39 is 15.7 Å². The number of nitrogens with zero attached hydrogens (tertiary/aromatic N) is 1. The van der Waals surface area contributed by atoms with Gasteiger partial charge in [-0.1, -0.05) is 34.1 Å². The van der Waals surface area contributed by atoms with Crippen LogP contribution in [0, 0.1) is 11.3 Å². The number of rotatable bonds is 3. The summed E-state index contributed by atoms with van der Waals surface area (Å²) in [6.07, 6.45) is 2.97. The number of carbonyl (C=O) groups is 1. The Bertz CT molecular complexity index is 1060. The predicted octanol–water partition coefficient (Wildman–Crippen LogP) is 3.75. The van der Waals surface area contributed by atoms with Crippen molar-refractivity contribution >= 4 is 49.5 Å². The van der Waals surface area contributed by atoms with Gasteiger partial charge in [-0.15, -0.1) is 0 Å². The number of hydrogen-bond donors (Lipinski definition) is 1. The highest BCUT2D eigenvalue weighted by Crippen LogP contribution is 2.29. The molecule has 0 saturated heterocycles. The van der Waals surface area contributed by atoms with E-state index in [4.69, 9.17) is 0 Å². The molecule has 0 aliphatic carbocycles. The Labute approximate surface area is 153 Å². The number of nitriles is 1. The number of nitrogens with one attached hydrogen (secondary N) is 1. The van der Waals surface area contributed by atoms with Gasteiger partial charge in [0.05, 0.1) is 4.90 Å². The summed E-state index contributed by atoms with van der Waals surface area (Å²) in [6, 6.07) is 13.6. The van der Waals surface area contributed by atoms with Crippen molar-refractivity contribution in [3.63, 3.8) is 0 Å². The van der Waals surface area contributed by atoms with Crippen molar-refractivity contribution in [2.75, 3.05) is 5.32 Å². The first-order valence-electron chi connectivity index (χ1n) is 7.15.